The van der Waals surface area contributed by atoms with E-state index in [2.05, 4.69) is 10.2 Å². The van der Waals surface area contributed by atoms with Crippen molar-refractivity contribution in [2.75, 3.05) is 14.2 Å². The maximum absolute atomic E-state index is 5.79. The minimum atomic E-state index is 0.436. The summed E-state index contributed by atoms with van der Waals surface area (Å²) >= 11 is 0. The van der Waals surface area contributed by atoms with Gasteiger partial charge in [-0.05, 0) is 26.0 Å². The van der Waals surface area contributed by atoms with Gasteiger partial charge in [0.1, 0.15) is 17.2 Å². The van der Waals surface area contributed by atoms with E-state index in [9.17, 15) is 0 Å². The fourth-order valence-corrected chi connectivity index (χ4v) is 2.27. The molecule has 0 atom stereocenters. The van der Waals surface area contributed by atoms with Crippen LogP contribution in [0.15, 0.2) is 12.1 Å². The van der Waals surface area contributed by atoms with E-state index in [0.29, 0.717) is 6.54 Å². The second-order valence-corrected chi connectivity index (χ2v) is 4.35. The first-order valence-corrected chi connectivity index (χ1v) is 6.09. The molecule has 102 valence electrons. The fourth-order valence-electron chi connectivity index (χ4n) is 2.27. The lowest BCUT2D eigenvalue weighted by Crippen LogP contribution is -2.01. The molecule has 0 aliphatic carbocycles. The van der Waals surface area contributed by atoms with E-state index in [1.165, 1.54) is 0 Å². The van der Waals surface area contributed by atoms with Gasteiger partial charge in [-0.3, -0.25) is 5.10 Å². The van der Waals surface area contributed by atoms with Gasteiger partial charge in [-0.15, -0.1) is 0 Å². The number of aromatic nitrogens is 2. The molecule has 0 radical (unpaired) electrons. The largest absolute Gasteiger partial charge is 0.496 e. The summed E-state index contributed by atoms with van der Waals surface area (Å²) < 4.78 is 10.8. The second-order valence-electron chi connectivity index (χ2n) is 4.35. The number of aromatic amines is 1. The molecular formula is C14H19N3O2. The van der Waals surface area contributed by atoms with Crippen molar-refractivity contribution in [1.29, 1.82) is 0 Å². The summed E-state index contributed by atoms with van der Waals surface area (Å²) in [5.41, 5.74) is 10.5. The monoisotopic (exact) mass is 261 g/mol. The van der Waals surface area contributed by atoms with Crippen molar-refractivity contribution in [1.82, 2.24) is 10.2 Å². The zero-order valence-corrected chi connectivity index (χ0v) is 11.7. The van der Waals surface area contributed by atoms with Crippen LogP contribution in [-0.2, 0) is 6.54 Å². The van der Waals surface area contributed by atoms with Crippen LogP contribution in [0.5, 0.6) is 11.5 Å². The van der Waals surface area contributed by atoms with Gasteiger partial charge in [0, 0.05) is 28.9 Å². The molecule has 0 fully saturated rings. The quantitative estimate of drug-likeness (QED) is 0.884. The summed E-state index contributed by atoms with van der Waals surface area (Å²) in [5, 5.41) is 7.31. The van der Waals surface area contributed by atoms with E-state index in [-0.39, 0.29) is 0 Å². The molecule has 19 heavy (non-hydrogen) atoms. The lowest BCUT2D eigenvalue weighted by Gasteiger charge is -2.14. The SMILES string of the molecule is COc1ccc(-c2n[nH]c(C)c2CN)c(OC)c1C. The molecule has 0 amide bonds. The lowest BCUT2D eigenvalue weighted by molar-refractivity contribution is 0.390. The van der Waals surface area contributed by atoms with Gasteiger partial charge in [-0.1, -0.05) is 0 Å². The molecule has 2 aromatic rings. The van der Waals surface area contributed by atoms with Crippen LogP contribution in [0.3, 0.4) is 0 Å². The summed E-state index contributed by atoms with van der Waals surface area (Å²) in [6, 6.07) is 3.86. The first-order chi connectivity index (χ1) is 9.13. The first kappa shape index (κ1) is 13.4. The van der Waals surface area contributed by atoms with Gasteiger partial charge in [0.25, 0.3) is 0 Å². The van der Waals surface area contributed by atoms with Crippen LogP contribution in [0.1, 0.15) is 16.8 Å². The van der Waals surface area contributed by atoms with Gasteiger partial charge in [-0.2, -0.15) is 5.10 Å². The van der Waals surface area contributed by atoms with Gasteiger partial charge < -0.3 is 15.2 Å². The van der Waals surface area contributed by atoms with Gasteiger partial charge in [0.05, 0.1) is 14.2 Å². The first-order valence-electron chi connectivity index (χ1n) is 6.09. The smallest absolute Gasteiger partial charge is 0.134 e. The number of hydrogen-bond donors (Lipinski definition) is 2. The molecule has 3 N–H and O–H groups in total. The Morgan fingerprint density at radius 1 is 1.21 bits per heavy atom. The number of H-pyrrole nitrogens is 1. The average Bonchev–Trinajstić information content (AvgIpc) is 2.79. The van der Waals surface area contributed by atoms with Gasteiger partial charge >= 0.3 is 0 Å². The zero-order chi connectivity index (χ0) is 14.0. The topological polar surface area (TPSA) is 73.2 Å². The van der Waals surface area contributed by atoms with Crippen molar-refractivity contribution in [3.05, 3.63) is 29.0 Å². The van der Waals surface area contributed by atoms with E-state index in [4.69, 9.17) is 15.2 Å². The van der Waals surface area contributed by atoms with Crippen LogP contribution >= 0.6 is 0 Å². The number of nitrogens with zero attached hydrogens (tertiary/aromatic N) is 1. The number of rotatable bonds is 4. The highest BCUT2D eigenvalue weighted by Crippen LogP contribution is 2.38. The summed E-state index contributed by atoms with van der Waals surface area (Å²) in [6.45, 7) is 4.36. The van der Waals surface area contributed by atoms with Gasteiger partial charge in [-0.25, -0.2) is 0 Å². The molecule has 1 aromatic heterocycles. The second kappa shape index (κ2) is 5.32. The zero-order valence-electron chi connectivity index (χ0n) is 11.7. The Hall–Kier alpha value is -2.01. The average molecular weight is 261 g/mol. The highest BCUT2D eigenvalue weighted by molar-refractivity contribution is 5.74. The molecule has 0 spiro atoms. The number of methoxy groups -OCH3 is 2. The van der Waals surface area contributed by atoms with Crippen molar-refractivity contribution < 1.29 is 9.47 Å². The van der Waals surface area contributed by atoms with E-state index < -0.39 is 0 Å². The van der Waals surface area contributed by atoms with E-state index in [1.54, 1.807) is 14.2 Å². The Morgan fingerprint density at radius 3 is 2.53 bits per heavy atom. The van der Waals surface area contributed by atoms with Crippen molar-refractivity contribution in [3.8, 4) is 22.8 Å². The van der Waals surface area contributed by atoms with Crippen LogP contribution in [-0.4, -0.2) is 24.4 Å². The maximum Gasteiger partial charge on any atom is 0.134 e. The number of aryl methyl sites for hydroxylation is 1. The third-order valence-electron chi connectivity index (χ3n) is 3.31. The molecule has 5 heteroatoms. The van der Waals surface area contributed by atoms with Crippen molar-refractivity contribution in [2.24, 2.45) is 5.73 Å². The van der Waals surface area contributed by atoms with Gasteiger partial charge in [0.15, 0.2) is 0 Å². The summed E-state index contributed by atoms with van der Waals surface area (Å²) in [4.78, 5) is 0. The molecule has 0 saturated carbocycles. The number of hydrogen-bond acceptors (Lipinski definition) is 4. The fraction of sp³-hybridized carbons (Fsp3) is 0.357. The number of ether oxygens (including phenoxy) is 2. The third kappa shape index (κ3) is 2.17. The van der Waals surface area contributed by atoms with Crippen molar-refractivity contribution >= 4 is 0 Å². The Morgan fingerprint density at radius 2 is 1.95 bits per heavy atom. The number of nitrogens with one attached hydrogen (secondary N) is 1. The molecule has 2 rings (SSSR count). The highest BCUT2D eigenvalue weighted by atomic mass is 16.5. The summed E-state index contributed by atoms with van der Waals surface area (Å²) in [7, 11) is 3.29. The molecule has 0 unspecified atom stereocenters. The Labute approximate surface area is 112 Å². The van der Waals surface area contributed by atoms with Crippen molar-refractivity contribution in [2.45, 2.75) is 20.4 Å². The Bertz CT molecular complexity index is 591. The van der Waals surface area contributed by atoms with E-state index >= 15 is 0 Å². The van der Waals surface area contributed by atoms with Crippen LogP contribution in [0, 0.1) is 13.8 Å². The predicted molar refractivity (Wildman–Crippen MR) is 74.5 cm³/mol. The summed E-state index contributed by atoms with van der Waals surface area (Å²) in [5.74, 6) is 1.56. The maximum atomic E-state index is 5.79. The molecule has 0 bridgehead atoms. The Balaban J connectivity index is 2.65. The minimum Gasteiger partial charge on any atom is -0.496 e. The molecule has 1 aromatic carbocycles. The van der Waals surface area contributed by atoms with Crippen LogP contribution in [0.2, 0.25) is 0 Å². The predicted octanol–water partition coefficient (Wildman–Crippen LogP) is 2.17. The van der Waals surface area contributed by atoms with E-state index in [0.717, 1.165) is 39.6 Å². The lowest BCUT2D eigenvalue weighted by atomic mass is 10.0. The number of benzene rings is 1. The highest BCUT2D eigenvalue weighted by Gasteiger charge is 2.18. The molecular weight excluding hydrogens is 242 g/mol. The molecule has 0 aliphatic heterocycles. The van der Waals surface area contributed by atoms with E-state index in [1.807, 2.05) is 26.0 Å². The molecule has 0 aliphatic rings. The summed E-state index contributed by atoms with van der Waals surface area (Å²) in [6.07, 6.45) is 0. The molecule has 0 saturated heterocycles. The normalized spacial score (nSPS) is 10.6. The number of nitrogens with two attached hydrogens (primary N) is 1. The van der Waals surface area contributed by atoms with Crippen molar-refractivity contribution in [3.63, 3.8) is 0 Å². The molecule has 5 nitrogen and oxygen atoms in total. The van der Waals surface area contributed by atoms with Crippen LogP contribution in [0.4, 0.5) is 0 Å². The van der Waals surface area contributed by atoms with Crippen LogP contribution in [0.25, 0.3) is 11.3 Å². The third-order valence-corrected chi connectivity index (χ3v) is 3.31. The van der Waals surface area contributed by atoms with Crippen LogP contribution < -0.4 is 15.2 Å². The minimum absolute atomic E-state index is 0.436. The van der Waals surface area contributed by atoms with Gasteiger partial charge in [0.2, 0.25) is 0 Å². The molecule has 1 heterocycles. The Kier molecular flexibility index (Phi) is 3.76. The standard InChI is InChI=1S/C14H19N3O2/c1-8-12(18-3)6-5-10(14(8)19-4)13-11(7-15)9(2)16-17-13/h5-6H,7,15H2,1-4H3,(H,16,17).